The summed E-state index contributed by atoms with van der Waals surface area (Å²) < 4.78 is 0. The molecule has 0 fully saturated rings. The SMILES string of the molecule is C/C(O)=C\C#N. The van der Waals surface area contributed by atoms with E-state index in [9.17, 15) is 0 Å². The zero-order valence-electron chi connectivity index (χ0n) is 3.47. The summed E-state index contributed by atoms with van der Waals surface area (Å²) in [5.41, 5.74) is 0. The molecule has 2 heteroatoms. The Morgan fingerprint density at radius 3 is 2.50 bits per heavy atom. The molecule has 0 aliphatic carbocycles. The Morgan fingerprint density at radius 1 is 2.00 bits per heavy atom. The molecule has 0 saturated carbocycles. The van der Waals surface area contributed by atoms with Crippen molar-refractivity contribution in [3.05, 3.63) is 11.8 Å². The highest BCUT2D eigenvalue weighted by Gasteiger charge is 1.69. The number of allylic oxidation sites excluding steroid dienone is 2. The normalized spacial score (nSPS) is 10.3. The number of hydrogen-bond acceptors (Lipinski definition) is 2. The lowest BCUT2D eigenvalue weighted by Crippen LogP contribution is -1.62. The maximum absolute atomic E-state index is 8.19. The molecule has 0 saturated heterocycles. The van der Waals surface area contributed by atoms with E-state index in [1.807, 2.05) is 0 Å². The summed E-state index contributed by atoms with van der Waals surface area (Å²) in [6.07, 6.45) is 1.07. The Hall–Kier alpha value is -0.970. The second-order valence-corrected chi connectivity index (χ2v) is 0.915. The van der Waals surface area contributed by atoms with Crippen LogP contribution >= 0.6 is 0 Å². The predicted octanol–water partition coefficient (Wildman–Crippen LogP) is 0.972. The molecule has 0 unspecified atom stereocenters. The number of hydrogen-bond donors (Lipinski definition) is 1. The highest BCUT2D eigenvalue weighted by molar-refractivity contribution is 5.04. The van der Waals surface area contributed by atoms with Crippen LogP contribution in [0.5, 0.6) is 0 Å². The first-order valence-electron chi connectivity index (χ1n) is 1.52. The van der Waals surface area contributed by atoms with E-state index in [2.05, 4.69) is 0 Å². The van der Waals surface area contributed by atoms with Gasteiger partial charge in [-0.15, -0.1) is 0 Å². The molecular formula is C4H5NO. The topological polar surface area (TPSA) is 44.0 Å². The largest absolute Gasteiger partial charge is 0.512 e. The van der Waals surface area contributed by atoms with E-state index >= 15 is 0 Å². The third kappa shape index (κ3) is 3.03. The Morgan fingerprint density at radius 2 is 2.50 bits per heavy atom. The summed E-state index contributed by atoms with van der Waals surface area (Å²) >= 11 is 0. The van der Waals surface area contributed by atoms with Gasteiger partial charge in [-0.3, -0.25) is 0 Å². The van der Waals surface area contributed by atoms with Crippen molar-refractivity contribution in [3.63, 3.8) is 0 Å². The first-order chi connectivity index (χ1) is 2.77. The van der Waals surface area contributed by atoms with Crippen molar-refractivity contribution in [2.24, 2.45) is 0 Å². The molecule has 32 valence electrons. The summed E-state index contributed by atoms with van der Waals surface area (Å²) in [5, 5.41) is 15.9. The van der Waals surface area contributed by atoms with Gasteiger partial charge in [0.1, 0.15) is 0 Å². The van der Waals surface area contributed by atoms with Crippen LogP contribution in [0.1, 0.15) is 6.92 Å². The van der Waals surface area contributed by atoms with Crippen LogP contribution in [-0.4, -0.2) is 5.11 Å². The average molecular weight is 83.1 g/mol. The van der Waals surface area contributed by atoms with Gasteiger partial charge < -0.3 is 5.11 Å². The van der Waals surface area contributed by atoms with Crippen LogP contribution in [0.15, 0.2) is 11.8 Å². The molecule has 0 amide bonds. The summed E-state index contributed by atoms with van der Waals surface area (Å²) in [5.74, 6) is 0.0532. The number of nitrogens with zero attached hydrogens (tertiary/aromatic N) is 1. The van der Waals surface area contributed by atoms with Crippen molar-refractivity contribution in [1.82, 2.24) is 0 Å². The first kappa shape index (κ1) is 5.03. The van der Waals surface area contributed by atoms with Crippen LogP contribution in [0.2, 0.25) is 0 Å². The van der Waals surface area contributed by atoms with Crippen LogP contribution in [0, 0.1) is 11.3 Å². The van der Waals surface area contributed by atoms with Crippen LogP contribution in [0.3, 0.4) is 0 Å². The molecular weight excluding hydrogens is 78.0 g/mol. The van der Waals surface area contributed by atoms with Gasteiger partial charge >= 0.3 is 0 Å². The standard InChI is InChI=1S/C4H5NO/c1-4(6)2-3-5/h2,6H,1H3/b4-2+. The minimum absolute atomic E-state index is 0.0532. The fourth-order valence-electron chi connectivity index (χ4n) is 0.0934. The van der Waals surface area contributed by atoms with Crippen molar-refractivity contribution in [1.29, 1.82) is 5.26 Å². The molecule has 0 aromatic heterocycles. The lowest BCUT2D eigenvalue weighted by molar-refractivity contribution is 0.415. The van der Waals surface area contributed by atoms with Crippen molar-refractivity contribution in [2.75, 3.05) is 0 Å². The van der Waals surface area contributed by atoms with E-state index in [-0.39, 0.29) is 5.76 Å². The van der Waals surface area contributed by atoms with Gasteiger partial charge in [-0.25, -0.2) is 0 Å². The zero-order chi connectivity index (χ0) is 4.99. The minimum atomic E-state index is 0.0532. The summed E-state index contributed by atoms with van der Waals surface area (Å²) in [4.78, 5) is 0. The van der Waals surface area contributed by atoms with E-state index in [0.29, 0.717) is 0 Å². The first-order valence-corrected chi connectivity index (χ1v) is 1.52. The van der Waals surface area contributed by atoms with Gasteiger partial charge in [-0.05, 0) is 6.92 Å². The van der Waals surface area contributed by atoms with Crippen LogP contribution in [-0.2, 0) is 0 Å². The summed E-state index contributed by atoms with van der Waals surface area (Å²) in [7, 11) is 0. The highest BCUT2D eigenvalue weighted by Crippen LogP contribution is 1.77. The van der Waals surface area contributed by atoms with Gasteiger partial charge in [-0.1, -0.05) is 0 Å². The molecule has 0 spiro atoms. The number of aliphatic hydroxyl groups is 1. The zero-order valence-corrected chi connectivity index (χ0v) is 3.47. The Balaban J connectivity index is 3.51. The monoisotopic (exact) mass is 83.0 g/mol. The molecule has 0 aliphatic heterocycles. The van der Waals surface area contributed by atoms with Gasteiger partial charge in [0.2, 0.25) is 0 Å². The fourth-order valence-corrected chi connectivity index (χ4v) is 0.0934. The Kier molecular flexibility index (Phi) is 1.91. The quantitative estimate of drug-likeness (QED) is 0.350. The second kappa shape index (κ2) is 2.28. The Labute approximate surface area is 36.3 Å². The molecule has 0 aliphatic rings. The predicted molar refractivity (Wildman–Crippen MR) is 22.0 cm³/mol. The molecule has 0 aromatic rings. The highest BCUT2D eigenvalue weighted by atomic mass is 16.3. The minimum Gasteiger partial charge on any atom is -0.512 e. The molecule has 0 atom stereocenters. The maximum Gasteiger partial charge on any atom is 0.0996 e. The van der Waals surface area contributed by atoms with Gasteiger partial charge in [0, 0.05) is 0 Å². The molecule has 1 N–H and O–H groups in total. The molecule has 2 nitrogen and oxygen atoms in total. The van der Waals surface area contributed by atoms with E-state index in [1.54, 1.807) is 6.07 Å². The maximum atomic E-state index is 8.19. The molecule has 0 radical (unpaired) electrons. The van der Waals surface area contributed by atoms with Gasteiger partial charge in [0.15, 0.2) is 0 Å². The van der Waals surface area contributed by atoms with E-state index < -0.39 is 0 Å². The third-order valence-electron chi connectivity index (χ3n) is 0.273. The summed E-state index contributed by atoms with van der Waals surface area (Å²) in [6, 6.07) is 1.66. The van der Waals surface area contributed by atoms with E-state index in [0.717, 1.165) is 6.08 Å². The second-order valence-electron chi connectivity index (χ2n) is 0.915. The molecule has 0 bridgehead atoms. The van der Waals surface area contributed by atoms with Gasteiger partial charge in [-0.2, -0.15) is 5.26 Å². The van der Waals surface area contributed by atoms with Crippen LogP contribution in [0.4, 0.5) is 0 Å². The smallest absolute Gasteiger partial charge is 0.0996 e. The van der Waals surface area contributed by atoms with Gasteiger partial charge in [0.25, 0.3) is 0 Å². The van der Waals surface area contributed by atoms with E-state index in [4.69, 9.17) is 10.4 Å². The number of nitriles is 1. The average Bonchev–Trinajstić information content (AvgIpc) is 1.35. The van der Waals surface area contributed by atoms with Crippen molar-refractivity contribution < 1.29 is 5.11 Å². The fraction of sp³-hybridized carbons (Fsp3) is 0.250. The summed E-state index contributed by atoms with van der Waals surface area (Å²) in [6.45, 7) is 1.45. The van der Waals surface area contributed by atoms with E-state index in [1.165, 1.54) is 6.92 Å². The number of rotatable bonds is 0. The van der Waals surface area contributed by atoms with Crippen LogP contribution < -0.4 is 0 Å². The molecule has 6 heavy (non-hydrogen) atoms. The molecule has 0 heterocycles. The van der Waals surface area contributed by atoms with Crippen molar-refractivity contribution >= 4 is 0 Å². The van der Waals surface area contributed by atoms with Gasteiger partial charge in [0.05, 0.1) is 17.9 Å². The number of aliphatic hydroxyl groups excluding tert-OH is 1. The molecule has 0 rings (SSSR count). The van der Waals surface area contributed by atoms with Crippen molar-refractivity contribution in [3.8, 4) is 6.07 Å². The lowest BCUT2D eigenvalue weighted by Gasteiger charge is -1.73. The lowest BCUT2D eigenvalue weighted by atomic mass is 10.5. The molecule has 0 aromatic carbocycles. The third-order valence-corrected chi connectivity index (χ3v) is 0.273. The van der Waals surface area contributed by atoms with Crippen LogP contribution in [0.25, 0.3) is 0 Å². The van der Waals surface area contributed by atoms with Crippen molar-refractivity contribution in [2.45, 2.75) is 6.92 Å². The Bertz CT molecular complexity index is 94.6.